The van der Waals surface area contributed by atoms with Gasteiger partial charge < -0.3 is 9.47 Å². The molecular formula is C26H35F3O2. The zero-order chi connectivity index (χ0) is 21.9. The lowest BCUT2D eigenvalue weighted by Crippen LogP contribution is -2.53. The number of halogens is 3. The highest BCUT2D eigenvalue weighted by atomic mass is 19.4. The van der Waals surface area contributed by atoms with Crippen LogP contribution in [0, 0.1) is 34.5 Å². The molecule has 0 amide bonds. The van der Waals surface area contributed by atoms with Crippen molar-refractivity contribution in [1.29, 1.82) is 0 Å². The lowest BCUT2D eigenvalue weighted by molar-refractivity contribution is -0.274. The van der Waals surface area contributed by atoms with Crippen LogP contribution in [0.4, 0.5) is 13.2 Å². The SMILES string of the molecule is C[C@@]12CCC[C@H]1[C@@H]1CC[C@H]3CC(Oc4ccc(OC(F)(F)F)cc4)CC[C@]3(C)[C@H]1CC2. The van der Waals surface area contributed by atoms with Crippen LogP contribution in [0.25, 0.3) is 0 Å². The largest absolute Gasteiger partial charge is 0.573 e. The Morgan fingerprint density at radius 1 is 0.839 bits per heavy atom. The van der Waals surface area contributed by atoms with Crippen molar-refractivity contribution >= 4 is 0 Å². The first-order valence-electron chi connectivity index (χ1n) is 12.2. The second kappa shape index (κ2) is 7.59. The highest BCUT2D eigenvalue weighted by molar-refractivity contribution is 5.31. The van der Waals surface area contributed by atoms with Crippen molar-refractivity contribution in [2.24, 2.45) is 34.5 Å². The predicted molar refractivity (Wildman–Crippen MR) is 114 cm³/mol. The Morgan fingerprint density at radius 3 is 2.32 bits per heavy atom. The molecule has 31 heavy (non-hydrogen) atoms. The molecule has 2 nitrogen and oxygen atoms in total. The van der Waals surface area contributed by atoms with E-state index in [1.807, 2.05) is 0 Å². The van der Waals surface area contributed by atoms with E-state index in [9.17, 15) is 13.2 Å². The standard InChI is InChI=1S/C26H35F3O2/c1-24-13-3-4-22(24)21-10-5-17-16-20(11-15-25(17,2)23(21)12-14-24)30-18-6-8-19(9-7-18)31-26(27,28)29/h6-9,17,20-23H,3-5,10-16H2,1-2H3/t17-,20?,21-,22-,23-,24-,25-/m0/s1. The third-order valence-corrected chi connectivity index (χ3v) is 9.76. The summed E-state index contributed by atoms with van der Waals surface area (Å²) in [6.45, 7) is 5.12. The first-order chi connectivity index (χ1) is 14.7. The van der Waals surface area contributed by atoms with Crippen LogP contribution in [0.2, 0.25) is 0 Å². The minimum Gasteiger partial charge on any atom is -0.490 e. The van der Waals surface area contributed by atoms with Crippen molar-refractivity contribution in [3.05, 3.63) is 24.3 Å². The highest BCUT2D eigenvalue weighted by Crippen LogP contribution is 2.66. The van der Waals surface area contributed by atoms with Crippen LogP contribution in [0.5, 0.6) is 11.5 Å². The van der Waals surface area contributed by atoms with Gasteiger partial charge in [0, 0.05) is 0 Å². The Balaban J connectivity index is 1.23. The Bertz CT molecular complexity index is 791. The van der Waals surface area contributed by atoms with Gasteiger partial charge in [0.25, 0.3) is 0 Å². The summed E-state index contributed by atoms with van der Waals surface area (Å²) >= 11 is 0. The third kappa shape index (κ3) is 3.95. The lowest BCUT2D eigenvalue weighted by atomic mass is 9.45. The maximum Gasteiger partial charge on any atom is 0.573 e. The molecule has 4 fully saturated rings. The summed E-state index contributed by atoms with van der Waals surface area (Å²) in [7, 11) is 0. The Hall–Kier alpha value is -1.39. The summed E-state index contributed by atoms with van der Waals surface area (Å²) in [5.41, 5.74) is 1.03. The maximum atomic E-state index is 12.4. The van der Waals surface area contributed by atoms with Gasteiger partial charge in [-0.1, -0.05) is 20.3 Å². The summed E-state index contributed by atoms with van der Waals surface area (Å²) < 4.78 is 47.3. The molecule has 0 aliphatic heterocycles. The molecule has 0 bridgehead atoms. The molecule has 1 aromatic rings. The average molecular weight is 437 g/mol. The normalized spacial score (nSPS) is 42.3. The van der Waals surface area contributed by atoms with Gasteiger partial charge in [0.15, 0.2) is 0 Å². The van der Waals surface area contributed by atoms with E-state index in [1.54, 1.807) is 12.1 Å². The second-order valence-corrected chi connectivity index (χ2v) is 11.3. The van der Waals surface area contributed by atoms with Crippen molar-refractivity contribution in [3.63, 3.8) is 0 Å². The topological polar surface area (TPSA) is 18.5 Å². The van der Waals surface area contributed by atoms with E-state index in [-0.39, 0.29) is 11.9 Å². The number of benzene rings is 1. The molecule has 0 heterocycles. The first-order valence-corrected chi connectivity index (χ1v) is 12.2. The molecule has 1 unspecified atom stereocenters. The van der Waals surface area contributed by atoms with Gasteiger partial charge in [-0.15, -0.1) is 13.2 Å². The Morgan fingerprint density at radius 2 is 1.58 bits per heavy atom. The van der Waals surface area contributed by atoms with E-state index >= 15 is 0 Å². The van der Waals surface area contributed by atoms with Crippen molar-refractivity contribution in [1.82, 2.24) is 0 Å². The Labute approximate surface area is 183 Å². The zero-order valence-electron chi connectivity index (χ0n) is 18.7. The fourth-order valence-corrected chi connectivity index (χ4v) is 8.23. The van der Waals surface area contributed by atoms with Crippen LogP contribution in [-0.4, -0.2) is 12.5 Å². The molecule has 4 aliphatic carbocycles. The van der Waals surface area contributed by atoms with Gasteiger partial charge in [-0.3, -0.25) is 0 Å². The van der Waals surface area contributed by atoms with E-state index in [4.69, 9.17) is 4.74 Å². The quantitative estimate of drug-likeness (QED) is 0.482. The minimum absolute atomic E-state index is 0.157. The van der Waals surface area contributed by atoms with Crippen molar-refractivity contribution in [3.8, 4) is 11.5 Å². The van der Waals surface area contributed by atoms with Gasteiger partial charge in [-0.05, 0) is 117 Å². The van der Waals surface area contributed by atoms with Crippen LogP contribution < -0.4 is 9.47 Å². The molecule has 0 N–H and O–H groups in total. The number of hydrogen-bond acceptors (Lipinski definition) is 2. The molecule has 7 atom stereocenters. The fraction of sp³-hybridized carbons (Fsp3) is 0.769. The summed E-state index contributed by atoms with van der Waals surface area (Å²) in [6, 6.07) is 5.85. The molecule has 0 saturated heterocycles. The summed E-state index contributed by atoms with van der Waals surface area (Å²) in [5.74, 6) is 3.85. The summed E-state index contributed by atoms with van der Waals surface area (Å²) in [5, 5.41) is 0. The smallest absolute Gasteiger partial charge is 0.490 e. The Kier molecular flexibility index (Phi) is 5.25. The van der Waals surface area contributed by atoms with Crippen molar-refractivity contribution in [2.45, 2.75) is 90.5 Å². The molecule has 172 valence electrons. The number of rotatable bonds is 3. The van der Waals surface area contributed by atoms with Crippen LogP contribution in [0.1, 0.15) is 78.1 Å². The molecule has 5 heteroatoms. The average Bonchev–Trinajstić information content (AvgIpc) is 3.10. The second-order valence-electron chi connectivity index (χ2n) is 11.3. The number of ether oxygens (including phenoxy) is 2. The van der Waals surface area contributed by atoms with Crippen LogP contribution >= 0.6 is 0 Å². The first kappa shape index (κ1) is 21.5. The predicted octanol–water partition coefficient (Wildman–Crippen LogP) is 7.77. The maximum absolute atomic E-state index is 12.4. The van der Waals surface area contributed by atoms with Gasteiger partial charge >= 0.3 is 6.36 Å². The van der Waals surface area contributed by atoms with E-state index in [0.717, 1.165) is 30.6 Å². The molecule has 1 aromatic carbocycles. The third-order valence-electron chi connectivity index (χ3n) is 9.76. The van der Waals surface area contributed by atoms with Crippen molar-refractivity contribution in [2.75, 3.05) is 0 Å². The minimum atomic E-state index is -4.66. The zero-order valence-corrected chi connectivity index (χ0v) is 18.7. The summed E-state index contributed by atoms with van der Waals surface area (Å²) in [4.78, 5) is 0. The van der Waals surface area contributed by atoms with Crippen LogP contribution in [-0.2, 0) is 0 Å². The van der Waals surface area contributed by atoms with Crippen LogP contribution in [0.3, 0.4) is 0 Å². The molecule has 4 aliphatic rings. The van der Waals surface area contributed by atoms with E-state index in [0.29, 0.717) is 22.5 Å². The molecule has 0 radical (unpaired) electrons. The van der Waals surface area contributed by atoms with Gasteiger partial charge in [-0.25, -0.2) is 0 Å². The van der Waals surface area contributed by atoms with E-state index in [2.05, 4.69) is 18.6 Å². The van der Waals surface area contributed by atoms with Gasteiger partial charge in [0.1, 0.15) is 11.5 Å². The van der Waals surface area contributed by atoms with Gasteiger partial charge in [-0.2, -0.15) is 0 Å². The number of fused-ring (bicyclic) bond motifs is 5. The number of alkyl halides is 3. The number of hydrogen-bond donors (Lipinski definition) is 0. The van der Waals surface area contributed by atoms with Crippen molar-refractivity contribution < 1.29 is 22.6 Å². The molecule has 5 rings (SSSR count). The highest BCUT2D eigenvalue weighted by Gasteiger charge is 2.58. The van der Waals surface area contributed by atoms with Crippen LogP contribution in [0.15, 0.2) is 24.3 Å². The molecule has 0 spiro atoms. The molecule has 4 saturated carbocycles. The van der Waals surface area contributed by atoms with Gasteiger partial charge in [0.2, 0.25) is 0 Å². The van der Waals surface area contributed by atoms with E-state index in [1.165, 1.54) is 63.5 Å². The molecular weight excluding hydrogens is 401 g/mol. The molecule has 0 aromatic heterocycles. The van der Waals surface area contributed by atoms with E-state index < -0.39 is 6.36 Å². The lowest BCUT2D eigenvalue weighted by Gasteiger charge is -2.60. The monoisotopic (exact) mass is 436 g/mol. The van der Waals surface area contributed by atoms with Gasteiger partial charge in [0.05, 0.1) is 6.10 Å². The summed E-state index contributed by atoms with van der Waals surface area (Å²) in [6.07, 6.45) is 8.61. The fourth-order valence-electron chi connectivity index (χ4n) is 8.23.